The van der Waals surface area contributed by atoms with Crippen LogP contribution in [0.3, 0.4) is 0 Å². The quantitative estimate of drug-likeness (QED) is 0.643. The van der Waals surface area contributed by atoms with Crippen molar-refractivity contribution < 1.29 is 14.0 Å². The second-order valence-corrected chi connectivity index (χ2v) is 8.19. The highest BCUT2D eigenvalue weighted by atomic mass is 19.1. The number of aromatic nitrogens is 1. The Morgan fingerprint density at radius 3 is 2.44 bits per heavy atom. The Morgan fingerprint density at radius 1 is 1.03 bits per heavy atom. The molecule has 1 aliphatic rings. The van der Waals surface area contributed by atoms with E-state index in [4.69, 9.17) is 0 Å². The van der Waals surface area contributed by atoms with Gasteiger partial charge < -0.3 is 19.7 Å². The zero-order chi connectivity index (χ0) is 22.7. The number of rotatable bonds is 5. The lowest BCUT2D eigenvalue weighted by atomic mass is 9.99. The number of anilines is 1. The molecule has 0 bridgehead atoms. The van der Waals surface area contributed by atoms with Gasteiger partial charge in [0.15, 0.2) is 0 Å². The fraction of sp³-hybridized carbons (Fsp3) is 0.280. The second kappa shape index (κ2) is 9.26. The Morgan fingerprint density at radius 2 is 1.75 bits per heavy atom. The van der Waals surface area contributed by atoms with Gasteiger partial charge in [-0.25, -0.2) is 9.18 Å². The molecule has 4 rings (SSSR count). The van der Waals surface area contributed by atoms with E-state index in [9.17, 15) is 14.0 Å². The number of amides is 3. The maximum Gasteiger partial charge on any atom is 0.322 e. The lowest BCUT2D eigenvalue weighted by molar-refractivity contribution is -0.134. The largest absolute Gasteiger partial charge is 0.348 e. The van der Waals surface area contributed by atoms with E-state index in [0.717, 1.165) is 11.3 Å². The summed E-state index contributed by atoms with van der Waals surface area (Å²) in [4.78, 5) is 29.7. The molecule has 0 spiro atoms. The minimum Gasteiger partial charge on any atom is -0.348 e. The van der Waals surface area contributed by atoms with E-state index in [1.165, 1.54) is 17.0 Å². The molecule has 0 saturated carbocycles. The first-order valence-corrected chi connectivity index (χ1v) is 10.8. The minimum atomic E-state index is -0.335. The van der Waals surface area contributed by atoms with Crippen molar-refractivity contribution in [3.8, 4) is 0 Å². The normalized spacial score (nSPS) is 15.4. The maximum absolute atomic E-state index is 13.5. The van der Waals surface area contributed by atoms with Gasteiger partial charge in [0.05, 0.1) is 6.04 Å². The van der Waals surface area contributed by atoms with E-state index in [2.05, 4.69) is 9.88 Å². The fourth-order valence-corrected chi connectivity index (χ4v) is 4.09. The van der Waals surface area contributed by atoms with Crippen LogP contribution in [0.1, 0.15) is 31.1 Å². The molecule has 0 radical (unpaired) electrons. The van der Waals surface area contributed by atoms with Gasteiger partial charge in [-0.15, -0.1) is 0 Å². The summed E-state index contributed by atoms with van der Waals surface area (Å²) in [6, 6.07) is 18.5. The van der Waals surface area contributed by atoms with Crippen LogP contribution in [0, 0.1) is 5.82 Å². The Kier molecular flexibility index (Phi) is 6.25. The zero-order valence-corrected chi connectivity index (χ0v) is 18.2. The number of carbonyl (C=O) groups is 2. The Balaban J connectivity index is 1.57. The first-order chi connectivity index (χ1) is 15.4. The van der Waals surface area contributed by atoms with Crippen LogP contribution >= 0.6 is 0 Å². The third-order valence-corrected chi connectivity index (χ3v) is 5.76. The summed E-state index contributed by atoms with van der Waals surface area (Å²) < 4.78 is 15.6. The van der Waals surface area contributed by atoms with Gasteiger partial charge in [-0.1, -0.05) is 30.3 Å². The smallest absolute Gasteiger partial charge is 0.322 e. The van der Waals surface area contributed by atoms with Crippen LogP contribution < -0.4 is 5.32 Å². The number of hydrogen-bond donors (Lipinski definition) is 1. The molecule has 1 atom stereocenters. The van der Waals surface area contributed by atoms with Gasteiger partial charge in [0.1, 0.15) is 12.4 Å². The van der Waals surface area contributed by atoms with Crippen molar-refractivity contribution in [1.82, 2.24) is 14.4 Å². The van der Waals surface area contributed by atoms with Crippen LogP contribution in [-0.2, 0) is 11.3 Å². The number of nitrogens with one attached hydrogen (secondary N) is 1. The van der Waals surface area contributed by atoms with Gasteiger partial charge in [-0.2, -0.15) is 0 Å². The zero-order valence-electron chi connectivity index (χ0n) is 18.2. The molecule has 3 amide bonds. The first kappa shape index (κ1) is 21.6. The van der Waals surface area contributed by atoms with Crippen LogP contribution in [0.5, 0.6) is 0 Å². The summed E-state index contributed by atoms with van der Waals surface area (Å²) in [5, 5.41) is 2.86. The van der Waals surface area contributed by atoms with Gasteiger partial charge in [0.2, 0.25) is 5.91 Å². The number of urea groups is 1. The number of para-hydroxylation sites is 1. The van der Waals surface area contributed by atoms with E-state index in [1.54, 1.807) is 17.0 Å². The average molecular weight is 435 g/mol. The summed E-state index contributed by atoms with van der Waals surface area (Å²) >= 11 is 0. The number of nitrogens with zero attached hydrogens (tertiary/aromatic N) is 3. The van der Waals surface area contributed by atoms with Gasteiger partial charge in [-0.05, 0) is 55.8 Å². The summed E-state index contributed by atoms with van der Waals surface area (Å²) in [5.41, 5.74) is 2.49. The predicted octanol–water partition coefficient (Wildman–Crippen LogP) is 4.50. The van der Waals surface area contributed by atoms with Crippen molar-refractivity contribution in [3.05, 3.63) is 90.0 Å². The highest BCUT2D eigenvalue weighted by Crippen LogP contribution is 2.32. The van der Waals surface area contributed by atoms with E-state index < -0.39 is 0 Å². The fourth-order valence-electron chi connectivity index (χ4n) is 4.09. The maximum atomic E-state index is 13.5. The molecule has 3 aromatic rings. The topological polar surface area (TPSA) is 57.6 Å². The molecule has 1 aliphatic heterocycles. The molecule has 0 aliphatic carbocycles. The molecule has 2 aromatic carbocycles. The highest BCUT2D eigenvalue weighted by Gasteiger charge is 2.34. The predicted molar refractivity (Wildman–Crippen MR) is 122 cm³/mol. The molecular formula is C25H27FN4O2. The summed E-state index contributed by atoms with van der Waals surface area (Å²) in [7, 11) is 0. The molecule has 2 heterocycles. The van der Waals surface area contributed by atoms with Crippen molar-refractivity contribution in [2.45, 2.75) is 32.5 Å². The second-order valence-electron chi connectivity index (χ2n) is 8.19. The van der Waals surface area contributed by atoms with Crippen molar-refractivity contribution in [3.63, 3.8) is 0 Å². The number of benzene rings is 2. The van der Waals surface area contributed by atoms with Crippen LogP contribution in [0.4, 0.5) is 14.9 Å². The Bertz CT molecular complexity index is 1080. The lowest BCUT2D eigenvalue weighted by Gasteiger charge is -2.39. The Labute approximate surface area is 187 Å². The summed E-state index contributed by atoms with van der Waals surface area (Å²) in [6.07, 6.45) is 1.99. The number of fused-ring (bicyclic) bond motifs is 1. The van der Waals surface area contributed by atoms with Crippen molar-refractivity contribution in [1.29, 1.82) is 0 Å². The van der Waals surface area contributed by atoms with Crippen LogP contribution in [-0.4, -0.2) is 45.4 Å². The van der Waals surface area contributed by atoms with Crippen molar-refractivity contribution in [2.75, 3.05) is 18.4 Å². The molecular weight excluding hydrogens is 407 g/mol. The Hall–Kier alpha value is -3.61. The number of hydrogen-bond acceptors (Lipinski definition) is 2. The highest BCUT2D eigenvalue weighted by molar-refractivity contribution is 5.92. The van der Waals surface area contributed by atoms with Crippen LogP contribution in [0.2, 0.25) is 0 Å². The molecule has 166 valence electrons. The van der Waals surface area contributed by atoms with E-state index in [1.807, 2.05) is 62.5 Å². The van der Waals surface area contributed by atoms with Gasteiger partial charge in [-0.3, -0.25) is 4.79 Å². The molecule has 32 heavy (non-hydrogen) atoms. The van der Waals surface area contributed by atoms with Gasteiger partial charge in [0.25, 0.3) is 0 Å². The van der Waals surface area contributed by atoms with Crippen LogP contribution in [0.15, 0.2) is 72.9 Å². The molecule has 0 fully saturated rings. The molecule has 6 nitrogen and oxygen atoms in total. The van der Waals surface area contributed by atoms with Crippen LogP contribution in [0.25, 0.3) is 0 Å². The summed E-state index contributed by atoms with van der Waals surface area (Å²) in [6.45, 7) is 4.90. The minimum absolute atomic E-state index is 0.0469. The molecule has 7 heteroatoms. The molecule has 1 unspecified atom stereocenters. The molecule has 0 saturated heterocycles. The monoisotopic (exact) mass is 434 g/mol. The van der Waals surface area contributed by atoms with E-state index in [0.29, 0.717) is 18.8 Å². The number of carbonyl (C=O) groups excluding carboxylic acids is 2. The third kappa shape index (κ3) is 4.51. The van der Waals surface area contributed by atoms with E-state index in [-0.39, 0.29) is 36.4 Å². The molecule has 1 N–H and O–H groups in total. The molecule has 1 aromatic heterocycles. The van der Waals surface area contributed by atoms with Gasteiger partial charge in [0, 0.05) is 36.7 Å². The third-order valence-electron chi connectivity index (χ3n) is 5.76. The standard InChI is InChI=1S/C25H27FN4O2/c1-18(2)30(25(32)27-21-7-4-3-5-8-21)17-23(31)29-16-15-28-14-6-9-22(28)24(29)19-10-12-20(26)13-11-19/h3-14,18,24H,15-17H2,1-2H3,(H,27,32). The average Bonchev–Trinajstić information content (AvgIpc) is 3.26. The van der Waals surface area contributed by atoms with Gasteiger partial charge >= 0.3 is 6.03 Å². The lowest BCUT2D eigenvalue weighted by Crippen LogP contribution is -2.50. The van der Waals surface area contributed by atoms with E-state index >= 15 is 0 Å². The van der Waals surface area contributed by atoms with Crippen molar-refractivity contribution in [2.24, 2.45) is 0 Å². The first-order valence-electron chi connectivity index (χ1n) is 10.8. The number of halogens is 1. The SMILES string of the molecule is CC(C)N(CC(=O)N1CCn2cccc2C1c1ccc(F)cc1)C(=O)Nc1ccccc1. The summed E-state index contributed by atoms with van der Waals surface area (Å²) in [5.74, 6) is -0.468. The van der Waals surface area contributed by atoms with Crippen molar-refractivity contribution >= 4 is 17.6 Å².